The van der Waals surface area contributed by atoms with Gasteiger partial charge in [-0.3, -0.25) is 9.36 Å². The Labute approximate surface area is 166 Å². The van der Waals surface area contributed by atoms with Gasteiger partial charge in [0, 0.05) is 17.8 Å². The molecular weight excluding hydrogens is 384 g/mol. The Bertz CT molecular complexity index is 900. The van der Waals surface area contributed by atoms with Crippen molar-refractivity contribution in [2.24, 2.45) is 0 Å². The van der Waals surface area contributed by atoms with Crippen LogP contribution in [0.3, 0.4) is 0 Å². The number of thioether (sulfide) groups is 1. The monoisotopic (exact) mass is 402 g/mol. The molecule has 0 radical (unpaired) electrons. The number of aromatic nitrogens is 3. The second-order valence-electron chi connectivity index (χ2n) is 5.69. The second kappa shape index (κ2) is 8.92. The van der Waals surface area contributed by atoms with Crippen LogP contribution in [0.15, 0.2) is 59.8 Å². The van der Waals surface area contributed by atoms with Crippen molar-refractivity contribution in [3.8, 4) is 11.4 Å². The molecule has 3 aromatic rings. The standard InChI is InChI=1S/C19H19ClN4O2S/c1-13(18(25)21-2)27-19-23-22-17(24(19)15-6-4-3-5-7-15)12-26-16-10-8-14(20)9-11-16/h3-11,13H,12H2,1-2H3,(H,21,25)/t13-/m0/s1. The Hall–Kier alpha value is -2.51. The van der Waals surface area contributed by atoms with Gasteiger partial charge in [0.1, 0.15) is 12.4 Å². The van der Waals surface area contributed by atoms with Crippen molar-refractivity contribution in [2.45, 2.75) is 23.9 Å². The van der Waals surface area contributed by atoms with Gasteiger partial charge in [0.15, 0.2) is 11.0 Å². The summed E-state index contributed by atoms with van der Waals surface area (Å²) in [7, 11) is 1.62. The molecular formula is C19H19ClN4O2S. The summed E-state index contributed by atoms with van der Waals surface area (Å²) < 4.78 is 7.73. The summed E-state index contributed by atoms with van der Waals surface area (Å²) in [6, 6.07) is 16.9. The number of para-hydroxylation sites is 1. The lowest BCUT2D eigenvalue weighted by Crippen LogP contribution is -2.27. The van der Waals surface area contributed by atoms with E-state index in [1.807, 2.05) is 41.8 Å². The van der Waals surface area contributed by atoms with Gasteiger partial charge in [-0.25, -0.2) is 0 Å². The first kappa shape index (κ1) is 19.3. The van der Waals surface area contributed by atoms with Crippen LogP contribution in [0.4, 0.5) is 0 Å². The van der Waals surface area contributed by atoms with Crippen LogP contribution < -0.4 is 10.1 Å². The van der Waals surface area contributed by atoms with Crippen molar-refractivity contribution in [1.29, 1.82) is 0 Å². The van der Waals surface area contributed by atoms with E-state index in [2.05, 4.69) is 15.5 Å². The maximum absolute atomic E-state index is 11.9. The molecule has 1 amide bonds. The zero-order valence-corrected chi connectivity index (χ0v) is 16.5. The number of amides is 1. The van der Waals surface area contributed by atoms with Crippen LogP contribution in [-0.4, -0.2) is 33.0 Å². The number of halogens is 1. The lowest BCUT2D eigenvalue weighted by molar-refractivity contribution is -0.119. The van der Waals surface area contributed by atoms with Gasteiger partial charge in [0.25, 0.3) is 0 Å². The molecule has 0 fully saturated rings. The number of benzene rings is 2. The van der Waals surface area contributed by atoms with E-state index in [9.17, 15) is 4.79 Å². The van der Waals surface area contributed by atoms with Crippen molar-refractivity contribution < 1.29 is 9.53 Å². The summed E-state index contributed by atoms with van der Waals surface area (Å²) in [4.78, 5) is 11.9. The van der Waals surface area contributed by atoms with Crippen molar-refractivity contribution >= 4 is 29.3 Å². The summed E-state index contributed by atoms with van der Waals surface area (Å²) in [6.07, 6.45) is 0. The normalized spacial score (nSPS) is 11.8. The fourth-order valence-corrected chi connectivity index (χ4v) is 3.47. The highest BCUT2D eigenvalue weighted by atomic mass is 35.5. The molecule has 0 aliphatic heterocycles. The number of ether oxygens (including phenoxy) is 1. The average Bonchev–Trinajstić information content (AvgIpc) is 3.09. The lowest BCUT2D eigenvalue weighted by atomic mass is 10.3. The zero-order valence-electron chi connectivity index (χ0n) is 14.9. The highest BCUT2D eigenvalue weighted by molar-refractivity contribution is 8.00. The molecule has 0 spiro atoms. The van der Waals surface area contributed by atoms with Gasteiger partial charge in [0.05, 0.1) is 5.25 Å². The third kappa shape index (κ3) is 4.81. The fraction of sp³-hybridized carbons (Fsp3) is 0.211. The predicted octanol–water partition coefficient (Wildman–Crippen LogP) is 3.73. The van der Waals surface area contributed by atoms with E-state index in [0.717, 1.165) is 5.69 Å². The molecule has 6 nitrogen and oxygen atoms in total. The Morgan fingerprint density at radius 1 is 1.19 bits per heavy atom. The number of nitrogens with one attached hydrogen (secondary N) is 1. The molecule has 1 atom stereocenters. The van der Waals surface area contributed by atoms with Crippen LogP contribution in [-0.2, 0) is 11.4 Å². The zero-order chi connectivity index (χ0) is 19.2. The van der Waals surface area contributed by atoms with Crippen LogP contribution in [0.1, 0.15) is 12.7 Å². The molecule has 8 heteroatoms. The van der Waals surface area contributed by atoms with Crippen molar-refractivity contribution in [2.75, 3.05) is 7.05 Å². The minimum atomic E-state index is -0.299. The molecule has 1 aromatic heterocycles. The molecule has 3 rings (SSSR count). The molecule has 0 aliphatic rings. The molecule has 0 saturated heterocycles. The van der Waals surface area contributed by atoms with E-state index in [1.54, 1.807) is 31.3 Å². The van der Waals surface area contributed by atoms with Gasteiger partial charge >= 0.3 is 0 Å². The molecule has 0 unspecified atom stereocenters. The summed E-state index contributed by atoms with van der Waals surface area (Å²) in [6.45, 7) is 2.07. The minimum Gasteiger partial charge on any atom is -0.486 e. The van der Waals surface area contributed by atoms with E-state index in [1.165, 1.54) is 11.8 Å². The fourth-order valence-electron chi connectivity index (χ4n) is 2.40. The number of carbonyl (C=O) groups excluding carboxylic acids is 1. The van der Waals surface area contributed by atoms with E-state index < -0.39 is 0 Å². The van der Waals surface area contributed by atoms with Crippen molar-refractivity contribution in [3.05, 3.63) is 65.4 Å². The van der Waals surface area contributed by atoms with Crippen molar-refractivity contribution in [3.63, 3.8) is 0 Å². The number of rotatable bonds is 7. The van der Waals surface area contributed by atoms with Gasteiger partial charge < -0.3 is 10.1 Å². The number of hydrogen-bond donors (Lipinski definition) is 1. The molecule has 1 N–H and O–H groups in total. The number of carbonyl (C=O) groups is 1. The maximum atomic E-state index is 11.9. The van der Waals surface area contributed by atoms with Crippen LogP contribution >= 0.6 is 23.4 Å². The van der Waals surface area contributed by atoms with E-state index in [0.29, 0.717) is 21.8 Å². The highest BCUT2D eigenvalue weighted by Crippen LogP contribution is 2.26. The van der Waals surface area contributed by atoms with Gasteiger partial charge in [-0.15, -0.1) is 10.2 Å². The van der Waals surface area contributed by atoms with Gasteiger partial charge in [-0.2, -0.15) is 0 Å². The largest absolute Gasteiger partial charge is 0.486 e. The van der Waals surface area contributed by atoms with Gasteiger partial charge in [-0.05, 0) is 43.3 Å². The van der Waals surface area contributed by atoms with E-state index in [4.69, 9.17) is 16.3 Å². The van der Waals surface area contributed by atoms with Gasteiger partial charge in [0.2, 0.25) is 5.91 Å². The Balaban J connectivity index is 1.87. The Morgan fingerprint density at radius 3 is 2.56 bits per heavy atom. The summed E-state index contributed by atoms with van der Waals surface area (Å²) in [5, 5.41) is 12.2. The van der Waals surface area contributed by atoms with E-state index >= 15 is 0 Å². The molecule has 0 aliphatic carbocycles. The summed E-state index contributed by atoms with van der Waals surface area (Å²) in [5.41, 5.74) is 0.906. The first-order valence-electron chi connectivity index (χ1n) is 8.35. The smallest absolute Gasteiger partial charge is 0.233 e. The molecule has 1 heterocycles. The van der Waals surface area contributed by atoms with Crippen LogP contribution in [0.25, 0.3) is 5.69 Å². The summed E-state index contributed by atoms with van der Waals surface area (Å²) >= 11 is 7.25. The Morgan fingerprint density at radius 2 is 1.89 bits per heavy atom. The average molecular weight is 403 g/mol. The topological polar surface area (TPSA) is 69.0 Å². The van der Waals surface area contributed by atoms with Crippen LogP contribution in [0.5, 0.6) is 5.75 Å². The molecule has 140 valence electrons. The molecule has 2 aromatic carbocycles. The third-order valence-electron chi connectivity index (χ3n) is 3.79. The lowest BCUT2D eigenvalue weighted by Gasteiger charge is -2.13. The first-order chi connectivity index (χ1) is 13.1. The first-order valence-corrected chi connectivity index (χ1v) is 9.60. The van der Waals surface area contributed by atoms with Crippen LogP contribution in [0, 0.1) is 0 Å². The van der Waals surface area contributed by atoms with Crippen molar-refractivity contribution in [1.82, 2.24) is 20.1 Å². The quantitative estimate of drug-likeness (QED) is 0.610. The van der Waals surface area contributed by atoms with Crippen LogP contribution in [0.2, 0.25) is 5.02 Å². The molecule has 0 bridgehead atoms. The predicted molar refractivity (Wildman–Crippen MR) is 107 cm³/mol. The Kier molecular flexibility index (Phi) is 6.36. The van der Waals surface area contributed by atoms with Gasteiger partial charge in [-0.1, -0.05) is 41.6 Å². The summed E-state index contributed by atoms with van der Waals surface area (Å²) in [5.74, 6) is 1.26. The second-order valence-corrected chi connectivity index (χ2v) is 7.43. The number of hydrogen-bond acceptors (Lipinski definition) is 5. The maximum Gasteiger partial charge on any atom is 0.233 e. The molecule has 27 heavy (non-hydrogen) atoms. The highest BCUT2D eigenvalue weighted by Gasteiger charge is 2.20. The number of nitrogens with zero attached hydrogens (tertiary/aromatic N) is 3. The van der Waals surface area contributed by atoms with E-state index in [-0.39, 0.29) is 17.8 Å². The minimum absolute atomic E-state index is 0.0680. The molecule has 0 saturated carbocycles. The third-order valence-corrected chi connectivity index (χ3v) is 5.09. The SMILES string of the molecule is CNC(=O)[C@H](C)Sc1nnc(COc2ccc(Cl)cc2)n1-c1ccccc1.